The van der Waals surface area contributed by atoms with Crippen LogP contribution in [0.1, 0.15) is 47.8 Å². The van der Waals surface area contributed by atoms with Crippen LogP contribution >= 0.6 is 0 Å². The van der Waals surface area contributed by atoms with Crippen LogP contribution in [0.5, 0.6) is 11.5 Å². The highest BCUT2D eigenvalue weighted by atomic mass is 19.4. The van der Waals surface area contributed by atoms with Gasteiger partial charge in [0.15, 0.2) is 0 Å². The second-order valence-electron chi connectivity index (χ2n) is 8.98. The third kappa shape index (κ3) is 6.99. The summed E-state index contributed by atoms with van der Waals surface area (Å²) in [6, 6.07) is 10.1. The van der Waals surface area contributed by atoms with Crippen molar-refractivity contribution in [3.05, 3.63) is 70.8 Å². The number of rotatable bonds is 8. The summed E-state index contributed by atoms with van der Waals surface area (Å²) in [7, 11) is 0. The van der Waals surface area contributed by atoms with Gasteiger partial charge in [-0.05, 0) is 55.8 Å². The first-order valence-corrected chi connectivity index (χ1v) is 11.8. The molecule has 0 aliphatic heterocycles. The van der Waals surface area contributed by atoms with Crippen LogP contribution in [-0.4, -0.2) is 39.8 Å². The first kappa shape index (κ1) is 30.2. The van der Waals surface area contributed by atoms with Crippen LogP contribution < -0.4 is 15.4 Å². The van der Waals surface area contributed by atoms with Crippen LogP contribution in [-0.2, 0) is 15.8 Å². The van der Waals surface area contributed by atoms with Crippen molar-refractivity contribution in [2.24, 2.45) is 0 Å². The predicted molar refractivity (Wildman–Crippen MR) is 142 cm³/mol. The first-order chi connectivity index (χ1) is 19.1. The molecule has 0 saturated carbocycles. The number of carbonyl (C=O) groups is 3. The number of phenols is 1. The van der Waals surface area contributed by atoms with Gasteiger partial charge >= 0.3 is 12.1 Å². The Bertz CT molecular complexity index is 1610. The molecule has 41 heavy (non-hydrogen) atoms. The van der Waals surface area contributed by atoms with E-state index in [4.69, 9.17) is 15.4 Å². The Labute approximate surface area is 231 Å². The number of ether oxygens (including phenoxy) is 1. The number of aromatic carboxylic acids is 1. The van der Waals surface area contributed by atoms with Crippen LogP contribution in [0.4, 0.5) is 24.5 Å². The van der Waals surface area contributed by atoms with Gasteiger partial charge in [0.05, 0.1) is 34.6 Å². The topological polar surface area (TPSA) is 173 Å². The smallest absolute Gasteiger partial charge is 0.417 e. The van der Waals surface area contributed by atoms with Gasteiger partial charge in [-0.25, -0.2) is 4.79 Å². The molecule has 0 aliphatic rings. The quantitative estimate of drug-likeness (QED) is 0.226. The van der Waals surface area contributed by atoms with E-state index in [0.717, 1.165) is 43.3 Å². The summed E-state index contributed by atoms with van der Waals surface area (Å²) in [4.78, 5) is 35.9. The van der Waals surface area contributed by atoms with E-state index < -0.39 is 63.8 Å². The van der Waals surface area contributed by atoms with Crippen LogP contribution in [0.3, 0.4) is 0 Å². The third-order valence-electron chi connectivity index (χ3n) is 5.52. The highest BCUT2D eigenvalue weighted by Crippen LogP contribution is 2.44. The average Bonchev–Trinajstić information content (AvgIpc) is 2.87. The molecule has 0 aromatic heterocycles. The van der Waals surface area contributed by atoms with E-state index in [1.165, 1.54) is 12.1 Å². The fourth-order valence-electron chi connectivity index (χ4n) is 3.83. The van der Waals surface area contributed by atoms with E-state index >= 15 is 0 Å². The Morgan fingerprint density at radius 3 is 2.24 bits per heavy atom. The number of aromatic hydroxyl groups is 1. The van der Waals surface area contributed by atoms with Gasteiger partial charge in [-0.3, -0.25) is 15.0 Å². The number of phenolic OH excluding ortho intramolecular Hbond substituents is 1. The van der Waals surface area contributed by atoms with Crippen LogP contribution in [0.2, 0.25) is 0 Å². The molecular formula is C28H23F3N4O6. The number of carbonyl (C=O) groups excluding carboxylic acids is 2. The Balaban J connectivity index is 2.15. The molecule has 3 aromatic rings. The van der Waals surface area contributed by atoms with E-state index in [2.05, 4.69) is 10.6 Å². The van der Waals surface area contributed by atoms with Crippen molar-refractivity contribution >= 4 is 34.9 Å². The Hall–Kier alpha value is -5.38. The summed E-state index contributed by atoms with van der Waals surface area (Å²) in [5.74, 6) is -4.08. The minimum absolute atomic E-state index is 0.00323. The second-order valence-corrected chi connectivity index (χ2v) is 8.98. The van der Waals surface area contributed by atoms with Gasteiger partial charge in [0.2, 0.25) is 5.91 Å². The van der Waals surface area contributed by atoms with Crippen LogP contribution in [0.15, 0.2) is 48.5 Å². The Morgan fingerprint density at radius 1 is 1.00 bits per heavy atom. The number of carboxylic acid groups (broad SMARTS) is 1. The van der Waals surface area contributed by atoms with Gasteiger partial charge in [-0.2, -0.15) is 18.4 Å². The minimum Gasteiger partial charge on any atom is -0.507 e. The number of nitriles is 1. The van der Waals surface area contributed by atoms with E-state index in [1.807, 2.05) is 0 Å². The number of alkyl halides is 3. The van der Waals surface area contributed by atoms with Gasteiger partial charge in [0.1, 0.15) is 17.2 Å². The van der Waals surface area contributed by atoms with Crippen molar-refractivity contribution in [3.63, 3.8) is 0 Å². The van der Waals surface area contributed by atoms with Crippen molar-refractivity contribution < 1.29 is 42.5 Å². The standard InChI is InChI=1S/C28H23F3N4O6/c1-13(2)41-24-11-23(37)20(25(33)26(38)35-22-7-4-15(12-32)8-19(22)27(39)40)10-18(24)17-6-5-16(34-14(3)36)9-21(17)28(29,30)31/h4-11,13,33,37H,1-3H3,(H,34,36)(H,35,38)(H,39,40). The molecule has 3 aromatic carbocycles. The largest absolute Gasteiger partial charge is 0.507 e. The summed E-state index contributed by atoms with van der Waals surface area (Å²) >= 11 is 0. The molecule has 0 atom stereocenters. The Kier molecular flexibility index (Phi) is 8.67. The molecule has 0 fully saturated rings. The van der Waals surface area contributed by atoms with Crippen molar-refractivity contribution in [1.29, 1.82) is 10.7 Å². The molecule has 0 saturated heterocycles. The number of benzene rings is 3. The molecule has 0 bridgehead atoms. The average molecular weight is 569 g/mol. The highest BCUT2D eigenvalue weighted by molar-refractivity contribution is 6.48. The normalized spacial score (nSPS) is 11.0. The Morgan fingerprint density at radius 2 is 1.68 bits per heavy atom. The van der Waals surface area contributed by atoms with E-state index in [0.29, 0.717) is 0 Å². The van der Waals surface area contributed by atoms with Gasteiger partial charge in [0, 0.05) is 29.8 Å². The van der Waals surface area contributed by atoms with Crippen molar-refractivity contribution in [2.75, 3.05) is 10.6 Å². The number of nitrogens with zero attached hydrogens (tertiary/aromatic N) is 1. The van der Waals surface area contributed by atoms with Gasteiger partial charge in [0.25, 0.3) is 5.91 Å². The zero-order valence-corrected chi connectivity index (χ0v) is 21.8. The third-order valence-corrected chi connectivity index (χ3v) is 5.52. The molecule has 0 unspecified atom stereocenters. The number of amides is 2. The molecule has 0 radical (unpaired) electrons. The van der Waals surface area contributed by atoms with Gasteiger partial charge in [-0.1, -0.05) is 6.07 Å². The number of hydrogen-bond donors (Lipinski definition) is 5. The molecule has 0 spiro atoms. The molecule has 212 valence electrons. The monoisotopic (exact) mass is 568 g/mol. The maximum absolute atomic E-state index is 14.1. The SMILES string of the molecule is CC(=O)Nc1ccc(-c2cc(C(=N)C(=O)Nc3ccc(C#N)cc3C(=O)O)c(O)cc2OC(C)C)c(C(F)(F)F)c1. The van der Waals surface area contributed by atoms with Crippen molar-refractivity contribution in [3.8, 4) is 28.7 Å². The van der Waals surface area contributed by atoms with Crippen LogP contribution in [0, 0.1) is 16.7 Å². The summed E-state index contributed by atoms with van der Waals surface area (Å²) in [6.45, 7) is 4.34. The number of anilines is 2. The highest BCUT2D eigenvalue weighted by Gasteiger charge is 2.35. The predicted octanol–water partition coefficient (Wildman–Crippen LogP) is 5.40. The maximum atomic E-state index is 14.1. The summed E-state index contributed by atoms with van der Waals surface area (Å²) in [5.41, 5.74) is -3.97. The summed E-state index contributed by atoms with van der Waals surface area (Å²) in [6.07, 6.45) is -5.44. The molecular weight excluding hydrogens is 545 g/mol. The van der Waals surface area contributed by atoms with E-state index in [1.54, 1.807) is 19.9 Å². The van der Waals surface area contributed by atoms with E-state index in [-0.39, 0.29) is 28.3 Å². The van der Waals surface area contributed by atoms with Crippen molar-refractivity contribution in [1.82, 2.24) is 0 Å². The number of nitrogens with one attached hydrogen (secondary N) is 3. The van der Waals surface area contributed by atoms with Crippen molar-refractivity contribution in [2.45, 2.75) is 33.1 Å². The lowest BCUT2D eigenvalue weighted by atomic mass is 9.94. The molecule has 0 heterocycles. The molecule has 5 N–H and O–H groups in total. The molecule has 10 nitrogen and oxygen atoms in total. The molecule has 13 heteroatoms. The number of halogens is 3. The lowest BCUT2D eigenvalue weighted by molar-refractivity contribution is -0.137. The lowest BCUT2D eigenvalue weighted by Crippen LogP contribution is -2.24. The maximum Gasteiger partial charge on any atom is 0.417 e. The molecule has 2 amide bonds. The van der Waals surface area contributed by atoms with Gasteiger partial charge < -0.3 is 25.6 Å². The zero-order valence-electron chi connectivity index (χ0n) is 21.8. The van der Waals surface area contributed by atoms with E-state index in [9.17, 15) is 37.8 Å². The first-order valence-electron chi connectivity index (χ1n) is 11.8. The fraction of sp³-hybridized carbons (Fsp3) is 0.179. The number of carboxylic acids is 1. The fourth-order valence-corrected chi connectivity index (χ4v) is 3.83. The summed E-state index contributed by atoms with van der Waals surface area (Å²) in [5, 5.41) is 42.0. The lowest BCUT2D eigenvalue weighted by Gasteiger charge is -2.20. The van der Waals surface area contributed by atoms with Gasteiger partial charge in [-0.15, -0.1) is 0 Å². The minimum atomic E-state index is -4.90. The number of hydrogen-bond acceptors (Lipinski definition) is 7. The zero-order chi connectivity index (χ0) is 30.6. The summed E-state index contributed by atoms with van der Waals surface area (Å²) < 4.78 is 48.0. The second kappa shape index (κ2) is 11.8. The molecule has 0 aliphatic carbocycles. The van der Waals surface area contributed by atoms with Crippen LogP contribution in [0.25, 0.3) is 11.1 Å². The molecule has 3 rings (SSSR count).